The lowest BCUT2D eigenvalue weighted by Gasteiger charge is -2.53. The van der Waals surface area contributed by atoms with Crippen LogP contribution in [0.15, 0.2) is 0 Å². The van der Waals surface area contributed by atoms with Gasteiger partial charge in [0.2, 0.25) is 0 Å². The van der Waals surface area contributed by atoms with Crippen LogP contribution in [0.4, 0.5) is 0 Å². The highest BCUT2D eigenvalue weighted by Crippen LogP contribution is 2.94. The van der Waals surface area contributed by atoms with Crippen molar-refractivity contribution in [3.05, 3.63) is 0 Å². The van der Waals surface area contributed by atoms with Crippen molar-refractivity contribution in [2.45, 2.75) is 36.5 Å². The number of fused-ring (bicyclic) bond motifs is 5. The van der Waals surface area contributed by atoms with Gasteiger partial charge in [0.1, 0.15) is 9.75 Å². The van der Waals surface area contributed by atoms with Crippen molar-refractivity contribution in [1.82, 2.24) is 0 Å². The van der Waals surface area contributed by atoms with E-state index in [1.165, 1.54) is 0 Å². The zero-order chi connectivity index (χ0) is 13.3. The Morgan fingerprint density at radius 2 is 1.32 bits per heavy atom. The molecule has 7 heteroatoms. The van der Waals surface area contributed by atoms with Gasteiger partial charge in [-0.15, -0.1) is 46.4 Å². The highest BCUT2D eigenvalue weighted by atomic mass is 35.5. The van der Waals surface area contributed by atoms with Gasteiger partial charge in [-0.3, -0.25) is 0 Å². The summed E-state index contributed by atoms with van der Waals surface area (Å²) in [5.41, 5.74) is 0. The van der Waals surface area contributed by atoms with Crippen LogP contribution in [-0.4, -0.2) is 36.5 Å². The molecule has 0 aromatic rings. The Labute approximate surface area is 140 Å². The van der Waals surface area contributed by atoms with Crippen LogP contribution in [0.1, 0.15) is 0 Å². The molecule has 5 saturated carbocycles. The molecule has 1 saturated heterocycles. The number of hydrogen-bond acceptors (Lipinski definition) is 1. The third kappa shape index (κ3) is 0.718. The van der Waals surface area contributed by atoms with E-state index >= 15 is 0 Å². The lowest BCUT2D eigenvalue weighted by Crippen LogP contribution is -2.64. The minimum atomic E-state index is -1.29. The molecule has 1 nitrogen and oxygen atoms in total. The fourth-order valence-electron chi connectivity index (χ4n) is 6.79. The molecule has 11 atom stereocenters. The highest BCUT2D eigenvalue weighted by molar-refractivity contribution is 6.63. The Hall–Kier alpha value is 1.70. The van der Waals surface area contributed by atoms with Crippen molar-refractivity contribution in [3.8, 4) is 0 Å². The summed E-state index contributed by atoms with van der Waals surface area (Å²) in [5.74, 6) is 1.17. The van der Waals surface area contributed by atoms with Gasteiger partial charge in [-0.25, -0.2) is 0 Å². The summed E-state index contributed by atoms with van der Waals surface area (Å²) in [6.07, 6.45) is 0.556. The van der Waals surface area contributed by atoms with E-state index in [1.807, 2.05) is 0 Å². The molecule has 1 heterocycles. The first-order chi connectivity index (χ1) is 8.75. The zero-order valence-corrected chi connectivity index (χ0v) is 13.8. The maximum absolute atomic E-state index is 6.99. The van der Waals surface area contributed by atoms with Crippen molar-refractivity contribution < 1.29 is 4.74 Å². The molecule has 0 radical (unpaired) electrons. The van der Waals surface area contributed by atoms with Crippen molar-refractivity contribution in [1.29, 1.82) is 0 Å². The van der Waals surface area contributed by atoms with Gasteiger partial charge in [0.05, 0.1) is 22.5 Å². The second-order valence-electron chi connectivity index (χ2n) is 6.98. The second-order valence-corrected chi connectivity index (χ2v) is 10.6. The van der Waals surface area contributed by atoms with Crippen LogP contribution in [0.25, 0.3) is 0 Å². The molecule has 0 amide bonds. The summed E-state index contributed by atoms with van der Waals surface area (Å²) in [5, 5.41) is -0.499. The first-order valence-corrected chi connectivity index (χ1v) is 8.82. The molecule has 0 N–H and O–H groups in total. The summed E-state index contributed by atoms with van der Waals surface area (Å²) < 4.78 is 4.49. The summed E-state index contributed by atoms with van der Waals surface area (Å²) in [7, 11) is 0. The molecule has 6 rings (SSSR count). The smallest absolute Gasteiger partial charge is 0.160 e. The summed E-state index contributed by atoms with van der Waals surface area (Å²) >= 11 is 40.8. The number of alkyl halides is 6. The molecule has 104 valence electrons. The Balaban J connectivity index is 1.75. The Bertz CT molecular complexity index is 552. The van der Waals surface area contributed by atoms with Crippen LogP contribution in [-0.2, 0) is 4.74 Å². The Kier molecular flexibility index (Phi) is 1.72. The number of halogens is 6. The van der Waals surface area contributed by atoms with Gasteiger partial charge in [-0.05, 0) is 29.6 Å². The van der Waals surface area contributed by atoms with Crippen molar-refractivity contribution in [2.24, 2.45) is 29.6 Å². The fourth-order valence-corrected chi connectivity index (χ4v) is 10.8. The number of rotatable bonds is 0. The minimum absolute atomic E-state index is 0.128. The molecule has 0 spiro atoms. The van der Waals surface area contributed by atoms with E-state index in [0.717, 1.165) is 0 Å². The minimum Gasteiger partial charge on any atom is -0.369 e. The molecular weight excluding hydrogens is 373 g/mol. The van der Waals surface area contributed by atoms with Gasteiger partial charge >= 0.3 is 0 Å². The highest BCUT2D eigenvalue weighted by Gasteiger charge is 3.04. The van der Waals surface area contributed by atoms with Crippen LogP contribution in [0, 0.1) is 29.6 Å². The normalized spacial score (nSPS) is 83.1. The molecule has 6 bridgehead atoms. The van der Waals surface area contributed by atoms with Crippen LogP contribution in [0.5, 0.6) is 0 Å². The lowest BCUT2D eigenvalue weighted by atomic mass is 9.62. The van der Waals surface area contributed by atoms with Crippen LogP contribution in [0.2, 0.25) is 0 Å². The molecular formula is C12H8Cl6O. The van der Waals surface area contributed by atoms with Gasteiger partial charge in [-0.1, -0.05) is 23.2 Å². The van der Waals surface area contributed by atoms with E-state index in [0.29, 0.717) is 11.8 Å². The molecule has 0 aromatic carbocycles. The van der Waals surface area contributed by atoms with E-state index in [2.05, 4.69) is 0 Å². The summed E-state index contributed by atoms with van der Waals surface area (Å²) in [6.45, 7) is 0. The molecule has 5 aliphatic carbocycles. The standard InChI is InChI=1S/C12H8Cl6O/c13-8-9(14)3-1-4-5(2(3)7-6(1)19-7)11(9,16)12(17,18)10(4,8)15/h1-8H/t1-,2+,3-,4+,5-,6-,7+,8+,9-,10+,11-/m0/s1. The van der Waals surface area contributed by atoms with Crippen molar-refractivity contribution >= 4 is 69.6 Å². The topological polar surface area (TPSA) is 12.5 Å². The number of ether oxygens (including phenoxy) is 1. The van der Waals surface area contributed by atoms with Crippen LogP contribution >= 0.6 is 69.6 Å². The molecule has 19 heavy (non-hydrogen) atoms. The quantitative estimate of drug-likeness (QED) is 0.462. The predicted octanol–water partition coefficient (Wildman–Crippen LogP) is 3.62. The zero-order valence-electron chi connectivity index (χ0n) is 9.29. The first-order valence-electron chi connectivity index (χ1n) is 6.49. The summed E-state index contributed by atoms with van der Waals surface area (Å²) in [6, 6.07) is 0. The van der Waals surface area contributed by atoms with Crippen molar-refractivity contribution in [3.63, 3.8) is 0 Å². The Morgan fingerprint density at radius 3 is 1.95 bits per heavy atom. The van der Waals surface area contributed by atoms with Crippen LogP contribution in [0.3, 0.4) is 0 Å². The van der Waals surface area contributed by atoms with Gasteiger partial charge in [0, 0.05) is 0 Å². The van der Waals surface area contributed by atoms with E-state index in [9.17, 15) is 0 Å². The molecule has 6 fully saturated rings. The largest absolute Gasteiger partial charge is 0.369 e. The summed E-state index contributed by atoms with van der Waals surface area (Å²) in [4.78, 5) is -2.70. The average molecular weight is 381 g/mol. The second kappa shape index (κ2) is 2.68. The number of epoxide rings is 1. The molecule has 0 unspecified atom stereocenters. The maximum Gasteiger partial charge on any atom is 0.160 e. The van der Waals surface area contributed by atoms with Gasteiger partial charge in [0.15, 0.2) is 4.33 Å². The number of hydrogen-bond donors (Lipinski definition) is 0. The van der Waals surface area contributed by atoms with E-state index in [1.54, 1.807) is 0 Å². The fraction of sp³-hybridized carbons (Fsp3) is 1.00. The average Bonchev–Trinajstić information content (AvgIpc) is 2.89. The SMILES string of the molecule is Cl[C@H]1[C@]2(Cl)[C@@H]3[C@H]4[C@@H]5O[C@@H]5[C@@H]5[C@H]4[C@@]1(Cl)[C@@](Cl)([C@@H]53)C2(Cl)Cl. The van der Waals surface area contributed by atoms with Gasteiger partial charge in [0.25, 0.3) is 0 Å². The predicted molar refractivity (Wildman–Crippen MR) is 75.9 cm³/mol. The maximum atomic E-state index is 6.99. The third-order valence-corrected chi connectivity index (χ3v) is 12.0. The van der Waals surface area contributed by atoms with Crippen LogP contribution < -0.4 is 0 Å². The Morgan fingerprint density at radius 1 is 0.737 bits per heavy atom. The molecule has 6 aliphatic rings. The molecule has 1 aliphatic heterocycles. The van der Waals surface area contributed by atoms with Gasteiger partial charge < -0.3 is 4.74 Å². The van der Waals surface area contributed by atoms with E-state index in [-0.39, 0.29) is 30.0 Å². The monoisotopic (exact) mass is 378 g/mol. The van der Waals surface area contributed by atoms with Crippen molar-refractivity contribution in [2.75, 3.05) is 0 Å². The van der Waals surface area contributed by atoms with E-state index in [4.69, 9.17) is 74.3 Å². The first kappa shape index (κ1) is 12.2. The van der Waals surface area contributed by atoms with E-state index < -0.39 is 24.3 Å². The molecule has 0 aromatic heterocycles. The third-order valence-electron chi connectivity index (χ3n) is 7.03. The lowest BCUT2D eigenvalue weighted by molar-refractivity contribution is 0.0874. The van der Waals surface area contributed by atoms with Gasteiger partial charge in [-0.2, -0.15) is 0 Å².